The van der Waals surface area contributed by atoms with Gasteiger partial charge in [0, 0.05) is 17.1 Å². The van der Waals surface area contributed by atoms with Gasteiger partial charge in [-0.3, -0.25) is 4.90 Å². The molecule has 2 atom stereocenters. The number of hydrogen-bond acceptors (Lipinski definition) is 2. The highest BCUT2D eigenvalue weighted by molar-refractivity contribution is 6.30. The second kappa shape index (κ2) is 10.3. The number of likely N-dealkylation sites (tertiary alicyclic amines) is 1. The van der Waals surface area contributed by atoms with Gasteiger partial charge in [-0.05, 0) is 87.4 Å². The zero-order valence-electron chi connectivity index (χ0n) is 18.4. The van der Waals surface area contributed by atoms with Gasteiger partial charge in [-0.15, -0.1) is 0 Å². The molecule has 1 heterocycles. The Morgan fingerprint density at radius 2 is 1.70 bits per heavy atom. The van der Waals surface area contributed by atoms with Gasteiger partial charge in [-0.25, -0.2) is 4.79 Å². The van der Waals surface area contributed by atoms with Gasteiger partial charge in [-0.1, -0.05) is 35.9 Å². The lowest BCUT2D eigenvalue weighted by atomic mass is 9.89. The van der Waals surface area contributed by atoms with Crippen molar-refractivity contribution in [3.8, 4) is 0 Å². The second-order valence-corrected chi connectivity index (χ2v) is 9.49. The predicted molar refractivity (Wildman–Crippen MR) is 124 cm³/mol. The molecule has 4 nitrogen and oxygen atoms in total. The van der Waals surface area contributed by atoms with E-state index in [4.69, 9.17) is 11.6 Å². The SMILES string of the molecule is O=C(Nc1ccccc1C(F)(F)F)NC1CCCC1N1CCC(Cc2ccc(Cl)cc2)CC1. The number of carbonyl (C=O) groups excluding carboxylic acids is 1. The summed E-state index contributed by atoms with van der Waals surface area (Å²) in [6.45, 7) is 1.94. The van der Waals surface area contributed by atoms with Crippen molar-refractivity contribution < 1.29 is 18.0 Å². The number of nitrogens with zero attached hydrogens (tertiary/aromatic N) is 1. The molecule has 178 valence electrons. The maximum absolute atomic E-state index is 13.2. The van der Waals surface area contributed by atoms with Crippen molar-refractivity contribution in [2.45, 2.75) is 56.8 Å². The first kappa shape index (κ1) is 23.9. The Morgan fingerprint density at radius 1 is 1.00 bits per heavy atom. The minimum atomic E-state index is -4.52. The van der Waals surface area contributed by atoms with E-state index in [2.05, 4.69) is 27.7 Å². The van der Waals surface area contributed by atoms with Crippen molar-refractivity contribution in [3.63, 3.8) is 0 Å². The highest BCUT2D eigenvalue weighted by atomic mass is 35.5. The van der Waals surface area contributed by atoms with Crippen LogP contribution in [0.25, 0.3) is 0 Å². The minimum Gasteiger partial charge on any atom is -0.334 e. The number of rotatable bonds is 5. The van der Waals surface area contributed by atoms with Crippen LogP contribution in [0, 0.1) is 5.92 Å². The molecule has 33 heavy (non-hydrogen) atoms. The number of urea groups is 1. The molecule has 0 bridgehead atoms. The van der Waals surface area contributed by atoms with Crippen LogP contribution in [-0.4, -0.2) is 36.1 Å². The lowest BCUT2D eigenvalue weighted by Gasteiger charge is -2.38. The molecule has 0 aromatic heterocycles. The van der Waals surface area contributed by atoms with E-state index in [1.54, 1.807) is 0 Å². The summed E-state index contributed by atoms with van der Waals surface area (Å²) in [5, 5.41) is 6.10. The van der Waals surface area contributed by atoms with Gasteiger partial charge in [0.1, 0.15) is 0 Å². The highest BCUT2D eigenvalue weighted by Gasteiger charge is 2.36. The fraction of sp³-hybridized carbons (Fsp3) is 0.480. The number of carbonyl (C=O) groups is 1. The Labute approximate surface area is 197 Å². The van der Waals surface area contributed by atoms with Crippen LogP contribution in [0.3, 0.4) is 0 Å². The summed E-state index contributed by atoms with van der Waals surface area (Å²) in [6.07, 6.45) is 1.54. The quantitative estimate of drug-likeness (QED) is 0.524. The summed E-state index contributed by atoms with van der Waals surface area (Å²) in [5.41, 5.74) is 0.236. The smallest absolute Gasteiger partial charge is 0.334 e. The number of halogens is 4. The fourth-order valence-electron chi connectivity index (χ4n) is 5.15. The number of nitrogens with one attached hydrogen (secondary N) is 2. The van der Waals surface area contributed by atoms with E-state index < -0.39 is 17.8 Å². The van der Waals surface area contributed by atoms with Crippen molar-refractivity contribution in [1.29, 1.82) is 0 Å². The van der Waals surface area contributed by atoms with Gasteiger partial charge in [0.05, 0.1) is 11.3 Å². The van der Waals surface area contributed by atoms with Crippen LogP contribution in [0.4, 0.5) is 23.7 Å². The number of para-hydroxylation sites is 1. The summed E-state index contributed by atoms with van der Waals surface area (Å²) < 4.78 is 39.6. The van der Waals surface area contributed by atoms with E-state index in [0.29, 0.717) is 5.92 Å². The first-order valence-corrected chi connectivity index (χ1v) is 11.9. The van der Waals surface area contributed by atoms with Crippen molar-refractivity contribution in [2.24, 2.45) is 5.92 Å². The second-order valence-electron chi connectivity index (χ2n) is 9.06. The Hall–Kier alpha value is -2.25. The number of anilines is 1. The van der Waals surface area contributed by atoms with E-state index in [0.717, 1.165) is 62.7 Å². The van der Waals surface area contributed by atoms with Crippen LogP contribution < -0.4 is 10.6 Å². The Morgan fingerprint density at radius 3 is 2.39 bits per heavy atom. The number of hydrogen-bond donors (Lipinski definition) is 2. The summed E-state index contributed by atoms with van der Waals surface area (Å²) in [5.74, 6) is 0.623. The molecule has 1 saturated carbocycles. The largest absolute Gasteiger partial charge is 0.418 e. The average Bonchev–Trinajstić information content (AvgIpc) is 3.23. The van der Waals surface area contributed by atoms with Crippen LogP contribution in [-0.2, 0) is 12.6 Å². The molecule has 1 aliphatic heterocycles. The van der Waals surface area contributed by atoms with Gasteiger partial charge in [-0.2, -0.15) is 13.2 Å². The molecular weight excluding hydrogens is 451 g/mol. The fourth-order valence-corrected chi connectivity index (χ4v) is 5.28. The maximum Gasteiger partial charge on any atom is 0.418 e. The van der Waals surface area contributed by atoms with Gasteiger partial charge in [0.2, 0.25) is 0 Å². The van der Waals surface area contributed by atoms with E-state index in [1.807, 2.05) is 12.1 Å². The third-order valence-electron chi connectivity index (χ3n) is 6.83. The lowest BCUT2D eigenvalue weighted by Crippen LogP contribution is -2.52. The molecule has 1 aliphatic carbocycles. The third kappa shape index (κ3) is 6.21. The molecule has 8 heteroatoms. The third-order valence-corrected chi connectivity index (χ3v) is 7.08. The molecule has 0 radical (unpaired) electrons. The zero-order chi connectivity index (χ0) is 23.4. The van der Waals surface area contributed by atoms with Crippen LogP contribution in [0.2, 0.25) is 5.02 Å². The van der Waals surface area contributed by atoms with Crippen molar-refractivity contribution >= 4 is 23.3 Å². The number of alkyl halides is 3. The lowest BCUT2D eigenvalue weighted by molar-refractivity contribution is -0.136. The van der Waals surface area contributed by atoms with Crippen LogP contribution in [0.1, 0.15) is 43.2 Å². The number of benzene rings is 2. The highest BCUT2D eigenvalue weighted by Crippen LogP contribution is 2.35. The Balaban J connectivity index is 1.30. The molecule has 1 saturated heterocycles. The normalized spacial score (nSPS) is 22.3. The summed E-state index contributed by atoms with van der Waals surface area (Å²) in [6, 6.07) is 12.7. The van der Waals surface area contributed by atoms with Crippen molar-refractivity contribution in [3.05, 3.63) is 64.7 Å². The first-order valence-electron chi connectivity index (χ1n) is 11.5. The molecule has 2 N–H and O–H groups in total. The van der Waals surface area contributed by atoms with Crippen LogP contribution in [0.5, 0.6) is 0 Å². The molecular formula is C25H29ClF3N3O. The van der Waals surface area contributed by atoms with Gasteiger partial charge in [0.25, 0.3) is 0 Å². The maximum atomic E-state index is 13.2. The Bertz CT molecular complexity index is 943. The topological polar surface area (TPSA) is 44.4 Å². The minimum absolute atomic E-state index is 0.0594. The summed E-state index contributed by atoms with van der Waals surface area (Å²) >= 11 is 5.98. The van der Waals surface area contributed by atoms with Gasteiger partial charge < -0.3 is 10.6 Å². The van der Waals surface area contributed by atoms with Crippen molar-refractivity contribution in [1.82, 2.24) is 10.2 Å². The van der Waals surface area contributed by atoms with Gasteiger partial charge >= 0.3 is 12.2 Å². The molecule has 2 aliphatic rings. The van der Waals surface area contributed by atoms with E-state index in [-0.39, 0.29) is 17.8 Å². The van der Waals surface area contributed by atoms with Crippen LogP contribution in [0.15, 0.2) is 48.5 Å². The summed E-state index contributed by atoms with van der Waals surface area (Å²) in [4.78, 5) is 15.0. The monoisotopic (exact) mass is 479 g/mol. The predicted octanol–water partition coefficient (Wildman–Crippen LogP) is 6.36. The number of amides is 2. The summed E-state index contributed by atoms with van der Waals surface area (Å²) in [7, 11) is 0. The molecule has 2 fully saturated rings. The number of piperidine rings is 1. The van der Waals surface area contributed by atoms with Gasteiger partial charge in [0.15, 0.2) is 0 Å². The van der Waals surface area contributed by atoms with Crippen LogP contribution >= 0.6 is 11.6 Å². The molecule has 0 spiro atoms. The molecule has 4 rings (SSSR count). The van der Waals surface area contributed by atoms with Crippen molar-refractivity contribution in [2.75, 3.05) is 18.4 Å². The first-order chi connectivity index (χ1) is 15.8. The average molecular weight is 480 g/mol. The molecule has 2 amide bonds. The molecule has 2 aromatic carbocycles. The van der Waals surface area contributed by atoms with E-state index in [9.17, 15) is 18.0 Å². The molecule has 2 aromatic rings. The Kier molecular flexibility index (Phi) is 7.49. The van der Waals surface area contributed by atoms with E-state index >= 15 is 0 Å². The van der Waals surface area contributed by atoms with E-state index in [1.165, 1.54) is 23.8 Å². The zero-order valence-corrected chi connectivity index (χ0v) is 19.1. The molecule has 2 unspecified atom stereocenters. The standard InChI is InChI=1S/C25H29ClF3N3O/c26-19-10-8-17(9-11-19)16-18-12-14-32(15-13-18)23-7-3-6-22(23)31-24(33)30-21-5-2-1-4-20(21)25(27,28)29/h1-2,4-5,8-11,18,22-23H,3,6-7,12-16H2,(H2,30,31,33).